The molecule has 0 amide bonds. The molecule has 130 valence electrons. The van der Waals surface area contributed by atoms with E-state index >= 15 is 0 Å². The third kappa shape index (κ3) is 6.32. The fourth-order valence-corrected chi connectivity index (χ4v) is 2.33. The van der Waals surface area contributed by atoms with Crippen molar-refractivity contribution in [2.75, 3.05) is 19.6 Å². The average molecular weight is 330 g/mol. The van der Waals surface area contributed by atoms with Gasteiger partial charge in [-0.2, -0.15) is 0 Å². The smallest absolute Gasteiger partial charge is 0.250 e. The van der Waals surface area contributed by atoms with Gasteiger partial charge in [-0.25, -0.2) is 0 Å². The summed E-state index contributed by atoms with van der Waals surface area (Å²) < 4.78 is 7.04. The summed E-state index contributed by atoms with van der Waals surface area (Å²) in [5.41, 5.74) is 0.0499. The molecule has 2 aromatic heterocycles. The van der Waals surface area contributed by atoms with Crippen molar-refractivity contribution in [2.24, 2.45) is 4.99 Å². The first-order valence-corrected chi connectivity index (χ1v) is 8.49. The summed E-state index contributed by atoms with van der Waals surface area (Å²) in [4.78, 5) is 16.2. The molecule has 0 unspecified atom stereocenters. The Bertz CT molecular complexity index is 662. The van der Waals surface area contributed by atoms with Gasteiger partial charge in [0.25, 0.3) is 0 Å². The van der Waals surface area contributed by atoms with Gasteiger partial charge in [-0.1, -0.05) is 6.07 Å². The van der Waals surface area contributed by atoms with Crippen LogP contribution in [-0.2, 0) is 13.0 Å². The number of pyridine rings is 1. The molecule has 0 atom stereocenters. The Balaban J connectivity index is 1.68. The van der Waals surface area contributed by atoms with Crippen LogP contribution in [0.2, 0.25) is 0 Å². The molecule has 0 saturated carbocycles. The number of nitrogens with one attached hydrogen (secondary N) is 2. The molecule has 0 aliphatic carbocycles. The number of unbranched alkanes of at least 4 members (excludes halogenated alkanes) is 1. The van der Waals surface area contributed by atoms with E-state index < -0.39 is 0 Å². The Labute approximate surface area is 142 Å². The third-order valence-electron chi connectivity index (χ3n) is 3.56. The second-order valence-electron chi connectivity index (χ2n) is 5.46. The summed E-state index contributed by atoms with van der Waals surface area (Å²) >= 11 is 0. The van der Waals surface area contributed by atoms with Gasteiger partial charge in [-0.3, -0.25) is 9.79 Å². The molecule has 6 heteroatoms. The van der Waals surface area contributed by atoms with Crippen molar-refractivity contribution >= 4 is 5.96 Å². The summed E-state index contributed by atoms with van der Waals surface area (Å²) in [5.74, 6) is 1.78. The van der Waals surface area contributed by atoms with E-state index in [0.29, 0.717) is 0 Å². The van der Waals surface area contributed by atoms with Crippen LogP contribution in [0.4, 0.5) is 0 Å². The highest BCUT2D eigenvalue weighted by Gasteiger charge is 1.99. The molecule has 6 nitrogen and oxygen atoms in total. The van der Waals surface area contributed by atoms with Crippen molar-refractivity contribution in [1.82, 2.24) is 15.2 Å². The molecular formula is C18H26N4O2. The van der Waals surface area contributed by atoms with Crippen LogP contribution in [0.5, 0.6) is 0 Å². The lowest BCUT2D eigenvalue weighted by Gasteiger charge is -2.10. The van der Waals surface area contributed by atoms with Crippen molar-refractivity contribution in [1.29, 1.82) is 0 Å². The monoisotopic (exact) mass is 330 g/mol. The molecular weight excluding hydrogens is 304 g/mol. The van der Waals surface area contributed by atoms with E-state index in [4.69, 9.17) is 4.42 Å². The molecule has 24 heavy (non-hydrogen) atoms. The van der Waals surface area contributed by atoms with Crippen molar-refractivity contribution in [3.8, 4) is 0 Å². The number of rotatable bonds is 9. The highest BCUT2D eigenvalue weighted by molar-refractivity contribution is 5.79. The van der Waals surface area contributed by atoms with Gasteiger partial charge in [0.1, 0.15) is 5.76 Å². The van der Waals surface area contributed by atoms with E-state index in [2.05, 4.69) is 15.6 Å². The summed E-state index contributed by atoms with van der Waals surface area (Å²) in [6, 6.07) is 9.10. The summed E-state index contributed by atoms with van der Waals surface area (Å²) in [7, 11) is 0. The van der Waals surface area contributed by atoms with E-state index in [1.807, 2.05) is 31.3 Å². The lowest BCUT2D eigenvalue weighted by Crippen LogP contribution is -2.38. The minimum absolute atomic E-state index is 0.0499. The molecule has 0 bridgehead atoms. The minimum atomic E-state index is 0.0499. The van der Waals surface area contributed by atoms with E-state index in [1.165, 1.54) is 0 Å². The van der Waals surface area contributed by atoms with Gasteiger partial charge in [0.2, 0.25) is 5.56 Å². The average Bonchev–Trinajstić information content (AvgIpc) is 3.09. The number of aliphatic imine (C=N–C) groups is 1. The molecule has 2 rings (SSSR count). The normalized spacial score (nSPS) is 11.5. The largest absolute Gasteiger partial charge is 0.469 e. The Morgan fingerprint density at radius 3 is 2.88 bits per heavy atom. The van der Waals surface area contributed by atoms with Crippen molar-refractivity contribution in [3.05, 3.63) is 58.9 Å². The van der Waals surface area contributed by atoms with Gasteiger partial charge in [0.05, 0.1) is 6.26 Å². The molecule has 2 heterocycles. The van der Waals surface area contributed by atoms with Crippen LogP contribution in [0.25, 0.3) is 0 Å². The predicted molar refractivity (Wildman–Crippen MR) is 96.3 cm³/mol. The van der Waals surface area contributed by atoms with Gasteiger partial charge < -0.3 is 19.6 Å². The molecule has 2 N–H and O–H groups in total. The Hall–Kier alpha value is -2.50. The van der Waals surface area contributed by atoms with E-state index in [0.717, 1.165) is 57.2 Å². The van der Waals surface area contributed by atoms with Crippen LogP contribution < -0.4 is 16.2 Å². The van der Waals surface area contributed by atoms with Crippen LogP contribution in [0, 0.1) is 0 Å². The van der Waals surface area contributed by atoms with Gasteiger partial charge in [-0.15, -0.1) is 0 Å². The van der Waals surface area contributed by atoms with Crippen molar-refractivity contribution < 1.29 is 4.42 Å². The molecule has 0 radical (unpaired) electrons. The lowest BCUT2D eigenvalue weighted by molar-refractivity contribution is 0.506. The number of aryl methyl sites for hydroxylation is 1. The second kappa shape index (κ2) is 10.3. The predicted octanol–water partition coefficient (Wildman–Crippen LogP) is 2.02. The van der Waals surface area contributed by atoms with Gasteiger partial charge in [-0.05, 0) is 38.0 Å². The highest BCUT2D eigenvalue weighted by atomic mass is 16.3. The fourth-order valence-electron chi connectivity index (χ4n) is 2.33. The molecule has 2 aromatic rings. The topological polar surface area (TPSA) is 71.6 Å². The lowest BCUT2D eigenvalue weighted by atomic mass is 10.3. The maximum absolute atomic E-state index is 11.6. The Morgan fingerprint density at radius 1 is 1.21 bits per heavy atom. The molecule has 0 aromatic carbocycles. The van der Waals surface area contributed by atoms with Crippen LogP contribution in [-0.4, -0.2) is 30.2 Å². The third-order valence-corrected chi connectivity index (χ3v) is 3.56. The maximum Gasteiger partial charge on any atom is 0.250 e. The maximum atomic E-state index is 11.6. The van der Waals surface area contributed by atoms with Crippen LogP contribution in [0.3, 0.4) is 0 Å². The molecule has 0 spiro atoms. The van der Waals surface area contributed by atoms with Crippen LogP contribution in [0.1, 0.15) is 25.5 Å². The number of nitrogens with zero attached hydrogens (tertiary/aromatic N) is 2. The fraction of sp³-hybridized carbons (Fsp3) is 0.444. The first-order valence-electron chi connectivity index (χ1n) is 8.49. The zero-order chi connectivity index (χ0) is 17.0. The summed E-state index contributed by atoms with van der Waals surface area (Å²) in [6.07, 6.45) is 6.21. The first-order chi connectivity index (χ1) is 11.8. The minimum Gasteiger partial charge on any atom is -0.469 e. The number of furan rings is 1. The molecule has 0 aliphatic heterocycles. The number of aromatic nitrogens is 1. The van der Waals surface area contributed by atoms with E-state index in [-0.39, 0.29) is 5.56 Å². The van der Waals surface area contributed by atoms with Crippen LogP contribution >= 0.6 is 0 Å². The quantitative estimate of drug-likeness (QED) is 0.419. The molecule has 0 fully saturated rings. The Kier molecular flexibility index (Phi) is 7.67. The number of hydrogen-bond acceptors (Lipinski definition) is 3. The summed E-state index contributed by atoms with van der Waals surface area (Å²) in [6.45, 7) is 5.12. The standard InChI is InChI=1S/C18H26N4O2/c1-2-19-18(21-12-10-16-8-7-15-24-16)20-11-4-6-14-22-13-5-3-9-17(22)23/h3,5,7-9,13,15H,2,4,6,10-12,14H2,1H3,(H2,19,20,21). The summed E-state index contributed by atoms with van der Waals surface area (Å²) in [5, 5.41) is 6.53. The van der Waals surface area contributed by atoms with Crippen molar-refractivity contribution in [2.45, 2.75) is 32.7 Å². The number of guanidine groups is 1. The van der Waals surface area contributed by atoms with Crippen molar-refractivity contribution in [3.63, 3.8) is 0 Å². The highest BCUT2D eigenvalue weighted by Crippen LogP contribution is 1.99. The van der Waals surface area contributed by atoms with Crippen LogP contribution in [0.15, 0.2) is 57.0 Å². The zero-order valence-corrected chi connectivity index (χ0v) is 14.2. The first kappa shape index (κ1) is 17.8. The Morgan fingerprint density at radius 2 is 2.12 bits per heavy atom. The molecule has 0 aliphatic rings. The molecule has 0 saturated heterocycles. The van der Waals surface area contributed by atoms with E-state index in [9.17, 15) is 4.79 Å². The zero-order valence-electron chi connectivity index (χ0n) is 14.2. The van der Waals surface area contributed by atoms with Gasteiger partial charge in [0.15, 0.2) is 5.96 Å². The SMILES string of the molecule is CCNC(=NCCCCn1ccccc1=O)NCCc1ccco1. The number of hydrogen-bond donors (Lipinski definition) is 2. The van der Waals surface area contributed by atoms with E-state index in [1.54, 1.807) is 23.0 Å². The van der Waals surface area contributed by atoms with Gasteiger partial charge >= 0.3 is 0 Å². The van der Waals surface area contributed by atoms with Gasteiger partial charge in [0, 0.05) is 44.9 Å². The second-order valence-corrected chi connectivity index (χ2v) is 5.46.